The number of anilines is 2. The Morgan fingerprint density at radius 3 is 2.46 bits per heavy atom. The number of aryl methyl sites for hydroxylation is 1. The first-order valence-corrected chi connectivity index (χ1v) is 10.2. The number of nitrogens with zero attached hydrogens (tertiary/aromatic N) is 1. The number of nitrogens with one attached hydrogen (secondary N) is 1. The lowest BCUT2D eigenvalue weighted by atomic mass is 10.2. The largest absolute Gasteiger partial charge is 0.321 e. The number of sulfonamides is 1. The standard InChI is InChI=1S/C19H18N2O3S2/c1-14-7-6-8-15(13-14)20-19(22)18-17(11-12-25-18)26(23,24)21(2)16-9-4-3-5-10-16/h3-13H,1-2H3,(H,20,22). The molecule has 0 saturated heterocycles. The van der Waals surface area contributed by atoms with Gasteiger partial charge in [-0.3, -0.25) is 9.10 Å². The molecule has 0 saturated carbocycles. The zero-order chi connectivity index (χ0) is 18.7. The Morgan fingerprint density at radius 1 is 1.04 bits per heavy atom. The quantitative estimate of drug-likeness (QED) is 0.717. The predicted octanol–water partition coefficient (Wildman–Crippen LogP) is 4.13. The fraction of sp³-hybridized carbons (Fsp3) is 0.105. The number of amides is 1. The van der Waals surface area contributed by atoms with Crippen molar-refractivity contribution in [2.24, 2.45) is 0 Å². The maximum atomic E-state index is 13.0. The zero-order valence-electron chi connectivity index (χ0n) is 14.3. The van der Waals surface area contributed by atoms with E-state index in [9.17, 15) is 13.2 Å². The second-order valence-corrected chi connectivity index (χ2v) is 8.60. The van der Waals surface area contributed by atoms with Crippen molar-refractivity contribution in [3.8, 4) is 0 Å². The molecular formula is C19H18N2O3S2. The summed E-state index contributed by atoms with van der Waals surface area (Å²) in [6.45, 7) is 1.92. The van der Waals surface area contributed by atoms with Gasteiger partial charge in [0.05, 0.1) is 5.69 Å². The molecule has 2 aromatic carbocycles. The number of carbonyl (C=O) groups excluding carboxylic acids is 1. The number of rotatable bonds is 5. The smallest absolute Gasteiger partial charge is 0.267 e. The van der Waals surface area contributed by atoms with E-state index < -0.39 is 15.9 Å². The van der Waals surface area contributed by atoms with E-state index in [2.05, 4.69) is 5.32 Å². The summed E-state index contributed by atoms with van der Waals surface area (Å²) in [6, 6.07) is 17.6. The van der Waals surface area contributed by atoms with Gasteiger partial charge in [-0.25, -0.2) is 8.42 Å². The minimum absolute atomic E-state index is 0.000920. The molecule has 0 atom stereocenters. The normalized spacial score (nSPS) is 11.2. The van der Waals surface area contributed by atoms with E-state index in [1.165, 1.54) is 17.4 Å². The second-order valence-electron chi connectivity index (χ2n) is 5.75. The summed E-state index contributed by atoms with van der Waals surface area (Å²) in [5.74, 6) is -0.439. The van der Waals surface area contributed by atoms with Crippen LogP contribution in [-0.4, -0.2) is 21.4 Å². The lowest BCUT2D eigenvalue weighted by Gasteiger charge is -2.19. The number of carbonyl (C=O) groups is 1. The molecule has 0 radical (unpaired) electrons. The molecule has 1 heterocycles. The van der Waals surface area contributed by atoms with Gasteiger partial charge in [0.25, 0.3) is 15.9 Å². The monoisotopic (exact) mass is 386 g/mol. The first-order chi connectivity index (χ1) is 12.4. The SMILES string of the molecule is Cc1cccc(NC(=O)c2sccc2S(=O)(=O)N(C)c2ccccc2)c1. The Bertz CT molecular complexity index is 1030. The Hall–Kier alpha value is -2.64. The van der Waals surface area contributed by atoms with Gasteiger partial charge in [-0.05, 0) is 48.2 Å². The van der Waals surface area contributed by atoms with E-state index in [0.29, 0.717) is 11.4 Å². The van der Waals surface area contributed by atoms with Crippen LogP contribution in [0.25, 0.3) is 0 Å². The molecule has 7 heteroatoms. The third-order valence-corrected chi connectivity index (χ3v) is 6.74. The lowest BCUT2D eigenvalue weighted by molar-refractivity contribution is 0.102. The molecule has 0 spiro atoms. The highest BCUT2D eigenvalue weighted by Crippen LogP contribution is 2.28. The highest BCUT2D eigenvalue weighted by Gasteiger charge is 2.28. The van der Waals surface area contributed by atoms with Gasteiger partial charge >= 0.3 is 0 Å². The van der Waals surface area contributed by atoms with Crippen LogP contribution in [-0.2, 0) is 10.0 Å². The van der Waals surface area contributed by atoms with Crippen molar-refractivity contribution in [1.29, 1.82) is 0 Å². The van der Waals surface area contributed by atoms with Crippen LogP contribution in [0.15, 0.2) is 70.9 Å². The summed E-state index contributed by atoms with van der Waals surface area (Å²) in [6.07, 6.45) is 0. The van der Waals surface area contributed by atoms with E-state index in [0.717, 1.165) is 16.9 Å². The third-order valence-electron chi connectivity index (χ3n) is 3.87. The average Bonchev–Trinajstić information content (AvgIpc) is 3.12. The third kappa shape index (κ3) is 3.63. The van der Waals surface area contributed by atoms with Crippen LogP contribution in [0, 0.1) is 6.92 Å². The van der Waals surface area contributed by atoms with Gasteiger partial charge in [0.2, 0.25) is 0 Å². The van der Waals surface area contributed by atoms with Crippen LogP contribution in [0.4, 0.5) is 11.4 Å². The molecule has 1 amide bonds. The maximum absolute atomic E-state index is 13.0. The predicted molar refractivity (Wildman–Crippen MR) is 105 cm³/mol. The van der Waals surface area contributed by atoms with Crippen LogP contribution in [0.2, 0.25) is 0 Å². The summed E-state index contributed by atoms with van der Waals surface area (Å²) in [7, 11) is -2.37. The molecule has 3 aromatic rings. The van der Waals surface area contributed by atoms with E-state index in [4.69, 9.17) is 0 Å². The Morgan fingerprint density at radius 2 is 1.77 bits per heavy atom. The molecule has 0 aliphatic carbocycles. The van der Waals surface area contributed by atoms with Crippen molar-refractivity contribution in [2.45, 2.75) is 11.8 Å². The van der Waals surface area contributed by atoms with Crippen LogP contribution in [0.1, 0.15) is 15.2 Å². The number of hydrogen-bond acceptors (Lipinski definition) is 4. The summed E-state index contributed by atoms with van der Waals surface area (Å²) in [4.78, 5) is 12.8. The first kappa shape index (κ1) is 18.2. The molecule has 0 unspecified atom stereocenters. The number of para-hydroxylation sites is 1. The van der Waals surface area contributed by atoms with Gasteiger partial charge in [0.1, 0.15) is 9.77 Å². The summed E-state index contributed by atoms with van der Waals surface area (Å²) < 4.78 is 27.1. The van der Waals surface area contributed by atoms with Gasteiger partial charge < -0.3 is 5.32 Å². The number of benzene rings is 2. The lowest BCUT2D eigenvalue weighted by Crippen LogP contribution is -2.28. The Labute approximate surface area is 157 Å². The van der Waals surface area contributed by atoms with E-state index in [1.54, 1.807) is 35.7 Å². The molecule has 1 aromatic heterocycles. The minimum atomic E-state index is -3.84. The highest BCUT2D eigenvalue weighted by molar-refractivity contribution is 7.93. The number of hydrogen-bond donors (Lipinski definition) is 1. The minimum Gasteiger partial charge on any atom is -0.321 e. The fourth-order valence-electron chi connectivity index (χ4n) is 2.50. The topological polar surface area (TPSA) is 66.5 Å². The van der Waals surface area contributed by atoms with Gasteiger partial charge in [-0.2, -0.15) is 0 Å². The molecule has 134 valence electrons. The summed E-state index contributed by atoms with van der Waals surface area (Å²) >= 11 is 1.10. The molecule has 5 nitrogen and oxygen atoms in total. The summed E-state index contributed by atoms with van der Waals surface area (Å²) in [5, 5.41) is 4.37. The highest BCUT2D eigenvalue weighted by atomic mass is 32.2. The molecule has 1 N–H and O–H groups in total. The van der Waals surface area contributed by atoms with Crippen LogP contribution < -0.4 is 9.62 Å². The van der Waals surface area contributed by atoms with Crippen molar-refractivity contribution in [3.05, 3.63) is 76.5 Å². The molecular weight excluding hydrogens is 368 g/mol. The van der Waals surface area contributed by atoms with Crippen molar-refractivity contribution >= 4 is 38.6 Å². The van der Waals surface area contributed by atoms with Gasteiger partial charge in [0, 0.05) is 12.7 Å². The molecule has 0 fully saturated rings. The zero-order valence-corrected chi connectivity index (χ0v) is 16.0. The van der Waals surface area contributed by atoms with E-state index in [1.807, 2.05) is 31.2 Å². The number of thiophene rings is 1. The van der Waals surface area contributed by atoms with Crippen molar-refractivity contribution in [3.63, 3.8) is 0 Å². The van der Waals surface area contributed by atoms with Crippen molar-refractivity contribution in [2.75, 3.05) is 16.7 Å². The first-order valence-electron chi connectivity index (χ1n) is 7.89. The second kappa shape index (κ2) is 7.31. The average molecular weight is 386 g/mol. The van der Waals surface area contributed by atoms with E-state index >= 15 is 0 Å². The van der Waals surface area contributed by atoms with Gasteiger partial charge in [-0.15, -0.1) is 11.3 Å². The molecule has 3 rings (SSSR count). The van der Waals surface area contributed by atoms with Crippen LogP contribution in [0.5, 0.6) is 0 Å². The molecule has 0 bridgehead atoms. The maximum Gasteiger partial charge on any atom is 0.267 e. The van der Waals surface area contributed by atoms with Crippen molar-refractivity contribution in [1.82, 2.24) is 0 Å². The van der Waals surface area contributed by atoms with E-state index in [-0.39, 0.29) is 9.77 Å². The fourth-order valence-corrected chi connectivity index (χ4v) is 4.99. The van der Waals surface area contributed by atoms with Crippen LogP contribution >= 0.6 is 11.3 Å². The summed E-state index contributed by atoms with van der Waals surface area (Å²) in [5.41, 5.74) is 2.16. The molecule has 0 aliphatic heterocycles. The molecule has 26 heavy (non-hydrogen) atoms. The van der Waals surface area contributed by atoms with Crippen molar-refractivity contribution < 1.29 is 13.2 Å². The van der Waals surface area contributed by atoms with Gasteiger partial charge in [-0.1, -0.05) is 30.3 Å². The Balaban J connectivity index is 1.91. The Kier molecular flexibility index (Phi) is 5.11. The molecule has 0 aliphatic rings. The van der Waals surface area contributed by atoms with Crippen LogP contribution in [0.3, 0.4) is 0 Å². The van der Waals surface area contributed by atoms with Gasteiger partial charge in [0.15, 0.2) is 0 Å².